The van der Waals surface area contributed by atoms with Gasteiger partial charge in [0, 0.05) is 5.39 Å². The van der Waals surface area contributed by atoms with Crippen LogP contribution in [0.1, 0.15) is 36.2 Å². The van der Waals surface area contributed by atoms with Gasteiger partial charge in [-0.3, -0.25) is 9.69 Å². The Bertz CT molecular complexity index is 573. The molecular weight excluding hydrogens is 238 g/mol. The van der Waals surface area contributed by atoms with Gasteiger partial charge in [0.05, 0.1) is 5.54 Å². The quantitative estimate of drug-likeness (QED) is 0.789. The van der Waals surface area contributed by atoms with Crippen LogP contribution in [0.25, 0.3) is 11.0 Å². The topological polar surface area (TPSA) is 33.5 Å². The molecule has 1 aromatic heterocycles. The van der Waals surface area contributed by atoms with E-state index < -0.39 is 0 Å². The number of fused-ring (bicyclic) bond motifs is 1. The number of carbonyl (C=O) groups is 1. The van der Waals surface area contributed by atoms with Gasteiger partial charge in [0.25, 0.3) is 0 Å². The molecule has 1 aromatic carbocycles. The fourth-order valence-corrected chi connectivity index (χ4v) is 3.16. The summed E-state index contributed by atoms with van der Waals surface area (Å²) in [5, 5.41) is 0.998. The third-order valence-corrected chi connectivity index (χ3v) is 4.36. The summed E-state index contributed by atoms with van der Waals surface area (Å²) >= 11 is 0. The first kappa shape index (κ1) is 12.4. The molecule has 3 nitrogen and oxygen atoms in total. The minimum absolute atomic E-state index is 0.131. The first-order chi connectivity index (χ1) is 9.13. The lowest BCUT2D eigenvalue weighted by Gasteiger charge is -2.33. The normalized spacial score (nSPS) is 18.3. The van der Waals surface area contributed by atoms with E-state index in [1.807, 2.05) is 44.4 Å². The Hall–Kier alpha value is -1.61. The monoisotopic (exact) mass is 257 g/mol. The van der Waals surface area contributed by atoms with E-state index in [2.05, 4.69) is 4.90 Å². The molecule has 0 N–H and O–H groups in total. The lowest BCUT2D eigenvalue weighted by atomic mass is 9.89. The number of nitrogens with zero attached hydrogens (tertiary/aromatic N) is 1. The van der Waals surface area contributed by atoms with Crippen molar-refractivity contribution >= 4 is 16.8 Å². The molecule has 0 amide bonds. The zero-order chi connectivity index (χ0) is 13.5. The molecule has 1 aliphatic carbocycles. The lowest BCUT2D eigenvalue weighted by molar-refractivity contribution is 0.0665. The maximum atomic E-state index is 12.8. The number of rotatable bonds is 3. The first-order valence-electron chi connectivity index (χ1n) is 6.84. The summed E-state index contributed by atoms with van der Waals surface area (Å²) < 4.78 is 5.74. The number of carbonyl (C=O) groups excluding carboxylic acids is 1. The van der Waals surface area contributed by atoms with Gasteiger partial charge in [-0.05, 0) is 39.1 Å². The number of furan rings is 1. The average molecular weight is 257 g/mol. The van der Waals surface area contributed by atoms with Crippen molar-refractivity contribution in [3.8, 4) is 0 Å². The molecule has 0 bridgehead atoms. The van der Waals surface area contributed by atoms with Crippen LogP contribution in [0.5, 0.6) is 0 Å². The molecule has 1 fully saturated rings. The highest BCUT2D eigenvalue weighted by Gasteiger charge is 2.44. The number of hydrogen-bond acceptors (Lipinski definition) is 3. The Morgan fingerprint density at radius 3 is 2.53 bits per heavy atom. The lowest BCUT2D eigenvalue weighted by Crippen LogP contribution is -2.48. The zero-order valence-corrected chi connectivity index (χ0v) is 11.5. The minimum Gasteiger partial charge on any atom is -0.453 e. The van der Waals surface area contributed by atoms with Crippen molar-refractivity contribution < 1.29 is 9.21 Å². The molecule has 0 atom stereocenters. The molecule has 0 unspecified atom stereocenters. The van der Waals surface area contributed by atoms with Crippen molar-refractivity contribution in [2.24, 2.45) is 0 Å². The van der Waals surface area contributed by atoms with Crippen LogP contribution in [0, 0.1) is 0 Å². The Labute approximate surface area is 113 Å². The van der Waals surface area contributed by atoms with Crippen LogP contribution in [-0.2, 0) is 0 Å². The number of Topliss-reactive ketones (excluding diaryl/α,β-unsaturated/α-hetero) is 1. The fraction of sp³-hybridized carbons (Fsp3) is 0.438. The maximum absolute atomic E-state index is 12.8. The summed E-state index contributed by atoms with van der Waals surface area (Å²) in [5.74, 6) is 0.628. The van der Waals surface area contributed by atoms with Crippen LogP contribution in [0.2, 0.25) is 0 Å². The number of likely N-dealkylation sites (N-methyl/N-ethyl adjacent to an activating group) is 1. The minimum atomic E-state index is -0.367. The van der Waals surface area contributed by atoms with Gasteiger partial charge in [-0.2, -0.15) is 0 Å². The summed E-state index contributed by atoms with van der Waals surface area (Å²) in [6.45, 7) is 0. The van der Waals surface area contributed by atoms with Crippen molar-refractivity contribution in [3.63, 3.8) is 0 Å². The van der Waals surface area contributed by atoms with E-state index in [0.29, 0.717) is 5.76 Å². The Kier molecular flexibility index (Phi) is 2.94. The zero-order valence-electron chi connectivity index (χ0n) is 11.5. The van der Waals surface area contributed by atoms with Gasteiger partial charge < -0.3 is 4.42 Å². The number of benzene rings is 1. The van der Waals surface area contributed by atoms with Gasteiger partial charge in [-0.1, -0.05) is 31.0 Å². The summed E-state index contributed by atoms with van der Waals surface area (Å²) in [5.41, 5.74) is 0.422. The highest BCUT2D eigenvalue weighted by atomic mass is 16.3. The molecule has 19 heavy (non-hydrogen) atoms. The molecule has 0 radical (unpaired) electrons. The predicted molar refractivity (Wildman–Crippen MR) is 75.4 cm³/mol. The van der Waals surface area contributed by atoms with E-state index in [1.165, 1.54) is 0 Å². The van der Waals surface area contributed by atoms with E-state index in [-0.39, 0.29) is 11.3 Å². The molecule has 3 heteroatoms. The number of para-hydroxylation sites is 1. The highest BCUT2D eigenvalue weighted by molar-refractivity contribution is 6.03. The van der Waals surface area contributed by atoms with Crippen LogP contribution in [0.15, 0.2) is 34.7 Å². The Balaban J connectivity index is 2.02. The molecular formula is C16H19NO2. The molecule has 0 aliphatic heterocycles. The number of hydrogen-bond donors (Lipinski definition) is 0. The second kappa shape index (κ2) is 4.49. The van der Waals surface area contributed by atoms with Crippen molar-refractivity contribution in [1.29, 1.82) is 0 Å². The van der Waals surface area contributed by atoms with Gasteiger partial charge >= 0.3 is 0 Å². The summed E-state index contributed by atoms with van der Waals surface area (Å²) in [6.07, 6.45) is 4.08. The van der Waals surface area contributed by atoms with Crippen molar-refractivity contribution in [2.75, 3.05) is 14.1 Å². The van der Waals surface area contributed by atoms with Crippen molar-refractivity contribution in [2.45, 2.75) is 31.2 Å². The molecule has 1 heterocycles. The Morgan fingerprint density at radius 2 is 1.89 bits per heavy atom. The van der Waals surface area contributed by atoms with Crippen LogP contribution >= 0.6 is 0 Å². The molecule has 3 rings (SSSR count). The molecule has 1 saturated carbocycles. The second-order valence-corrected chi connectivity index (χ2v) is 5.61. The van der Waals surface area contributed by atoms with Crippen LogP contribution in [-0.4, -0.2) is 30.3 Å². The van der Waals surface area contributed by atoms with Gasteiger partial charge in [0.15, 0.2) is 5.76 Å². The summed E-state index contributed by atoms with van der Waals surface area (Å²) in [4.78, 5) is 14.9. The first-order valence-corrected chi connectivity index (χ1v) is 6.84. The molecule has 0 spiro atoms. The van der Waals surface area contributed by atoms with E-state index in [4.69, 9.17) is 4.42 Å². The largest absolute Gasteiger partial charge is 0.453 e. The van der Waals surface area contributed by atoms with Crippen LogP contribution in [0.4, 0.5) is 0 Å². The third kappa shape index (κ3) is 1.89. The molecule has 100 valence electrons. The van der Waals surface area contributed by atoms with Crippen LogP contribution < -0.4 is 0 Å². The SMILES string of the molecule is CN(C)C1(C(=O)c2cc3ccccc3o2)CCCC1. The smallest absolute Gasteiger partial charge is 0.218 e. The molecule has 2 aromatic rings. The van der Waals surface area contributed by atoms with Gasteiger partial charge in [-0.25, -0.2) is 0 Å². The maximum Gasteiger partial charge on any atom is 0.218 e. The fourth-order valence-electron chi connectivity index (χ4n) is 3.16. The van der Waals surface area contributed by atoms with Gasteiger partial charge in [0.1, 0.15) is 5.58 Å². The molecule has 0 saturated heterocycles. The van der Waals surface area contributed by atoms with Crippen LogP contribution in [0.3, 0.4) is 0 Å². The van der Waals surface area contributed by atoms with E-state index in [0.717, 1.165) is 36.7 Å². The average Bonchev–Trinajstić information content (AvgIpc) is 3.05. The number of ketones is 1. The standard InChI is InChI=1S/C16H19NO2/c1-17(2)16(9-5-6-10-16)15(18)14-11-12-7-3-4-8-13(12)19-14/h3-4,7-8,11H,5-6,9-10H2,1-2H3. The third-order valence-electron chi connectivity index (χ3n) is 4.36. The van der Waals surface area contributed by atoms with Gasteiger partial charge in [-0.15, -0.1) is 0 Å². The second-order valence-electron chi connectivity index (χ2n) is 5.61. The summed E-state index contributed by atoms with van der Waals surface area (Å²) in [6, 6.07) is 9.65. The molecule has 1 aliphatic rings. The Morgan fingerprint density at radius 1 is 1.21 bits per heavy atom. The van der Waals surface area contributed by atoms with E-state index >= 15 is 0 Å². The van der Waals surface area contributed by atoms with Crippen molar-refractivity contribution in [3.05, 3.63) is 36.1 Å². The summed E-state index contributed by atoms with van der Waals surface area (Å²) in [7, 11) is 3.98. The highest BCUT2D eigenvalue weighted by Crippen LogP contribution is 2.37. The van der Waals surface area contributed by atoms with E-state index in [9.17, 15) is 4.79 Å². The van der Waals surface area contributed by atoms with E-state index in [1.54, 1.807) is 0 Å². The van der Waals surface area contributed by atoms with Gasteiger partial charge in [0.2, 0.25) is 5.78 Å². The predicted octanol–water partition coefficient (Wildman–Crippen LogP) is 3.49. The van der Waals surface area contributed by atoms with Crippen molar-refractivity contribution in [1.82, 2.24) is 4.90 Å².